The summed E-state index contributed by atoms with van der Waals surface area (Å²) in [7, 11) is 4.20. The van der Waals surface area contributed by atoms with Gasteiger partial charge in [-0.2, -0.15) is 0 Å². The molecular weight excluding hydrogens is 290 g/mol. The number of nitrogens with zero attached hydrogens (tertiary/aromatic N) is 1. The highest BCUT2D eigenvalue weighted by Gasteiger charge is 2.15. The molecule has 0 aliphatic rings. The standard InChI is InChI=1S/C19H40NO3/c1-5-6-7-8-9-10-11-12-13-14-16-22-18-20(3,4)15-17-23-19(2)21/h5-18H2,1-4H3/q+1. The van der Waals surface area contributed by atoms with Crippen LogP contribution in [0.15, 0.2) is 0 Å². The number of carbonyl (C=O) groups is 1. The average Bonchev–Trinajstić information content (AvgIpc) is 2.47. The highest BCUT2D eigenvalue weighted by Crippen LogP contribution is 2.10. The first-order valence-corrected chi connectivity index (χ1v) is 9.51. The fourth-order valence-corrected chi connectivity index (χ4v) is 2.50. The van der Waals surface area contributed by atoms with E-state index < -0.39 is 0 Å². The Kier molecular flexibility index (Phi) is 14.6. The monoisotopic (exact) mass is 330 g/mol. The summed E-state index contributed by atoms with van der Waals surface area (Å²) < 4.78 is 11.5. The summed E-state index contributed by atoms with van der Waals surface area (Å²) in [5, 5.41) is 0. The molecule has 23 heavy (non-hydrogen) atoms. The van der Waals surface area contributed by atoms with Gasteiger partial charge in [-0.05, 0) is 6.42 Å². The van der Waals surface area contributed by atoms with Gasteiger partial charge in [0.2, 0.25) is 0 Å². The van der Waals surface area contributed by atoms with Crippen LogP contribution in [0.25, 0.3) is 0 Å². The zero-order valence-electron chi connectivity index (χ0n) is 16.1. The molecule has 0 unspecified atom stereocenters. The van der Waals surface area contributed by atoms with Gasteiger partial charge >= 0.3 is 5.97 Å². The molecule has 0 aromatic rings. The second-order valence-corrected chi connectivity index (χ2v) is 7.22. The van der Waals surface area contributed by atoms with Crippen LogP contribution in [0.3, 0.4) is 0 Å². The first-order chi connectivity index (χ1) is 11.0. The number of rotatable bonds is 16. The molecule has 4 heteroatoms. The molecule has 0 atom stereocenters. The minimum Gasteiger partial charge on any atom is -0.460 e. The molecule has 0 aliphatic carbocycles. The number of likely N-dealkylation sites (N-methyl/N-ethyl adjacent to an activating group) is 1. The third-order valence-corrected chi connectivity index (χ3v) is 4.08. The Morgan fingerprint density at radius 3 is 1.87 bits per heavy atom. The molecule has 0 aromatic heterocycles. The number of hydrogen-bond donors (Lipinski definition) is 0. The summed E-state index contributed by atoms with van der Waals surface area (Å²) in [6.07, 6.45) is 13.5. The van der Waals surface area contributed by atoms with Crippen LogP contribution in [0.2, 0.25) is 0 Å². The van der Waals surface area contributed by atoms with Crippen molar-refractivity contribution >= 4 is 5.97 Å². The van der Waals surface area contributed by atoms with Gasteiger partial charge in [-0.15, -0.1) is 0 Å². The van der Waals surface area contributed by atoms with E-state index in [4.69, 9.17) is 9.47 Å². The maximum absolute atomic E-state index is 10.7. The lowest BCUT2D eigenvalue weighted by Crippen LogP contribution is -2.44. The van der Waals surface area contributed by atoms with Gasteiger partial charge in [-0.3, -0.25) is 4.79 Å². The van der Waals surface area contributed by atoms with Gasteiger partial charge in [0.15, 0.2) is 6.73 Å². The van der Waals surface area contributed by atoms with Gasteiger partial charge in [0.25, 0.3) is 0 Å². The number of hydrogen-bond acceptors (Lipinski definition) is 3. The molecule has 4 nitrogen and oxygen atoms in total. The van der Waals surface area contributed by atoms with E-state index in [9.17, 15) is 4.79 Å². The molecule has 0 saturated carbocycles. The molecule has 0 heterocycles. The van der Waals surface area contributed by atoms with E-state index in [2.05, 4.69) is 21.0 Å². The lowest BCUT2D eigenvalue weighted by atomic mass is 10.1. The maximum Gasteiger partial charge on any atom is 0.302 e. The van der Waals surface area contributed by atoms with Crippen molar-refractivity contribution < 1.29 is 18.8 Å². The lowest BCUT2D eigenvalue weighted by molar-refractivity contribution is -0.909. The van der Waals surface area contributed by atoms with Crippen LogP contribution in [0.1, 0.15) is 78.1 Å². The van der Waals surface area contributed by atoms with Crippen molar-refractivity contribution in [3.63, 3.8) is 0 Å². The van der Waals surface area contributed by atoms with Crippen molar-refractivity contribution in [3.8, 4) is 0 Å². The van der Waals surface area contributed by atoms with Crippen LogP contribution in [0.4, 0.5) is 0 Å². The van der Waals surface area contributed by atoms with Crippen LogP contribution in [0.5, 0.6) is 0 Å². The van der Waals surface area contributed by atoms with Crippen molar-refractivity contribution in [2.75, 3.05) is 40.6 Å². The molecular formula is C19H40NO3+. The Hall–Kier alpha value is -0.610. The van der Waals surface area contributed by atoms with Gasteiger partial charge < -0.3 is 14.0 Å². The van der Waals surface area contributed by atoms with Crippen LogP contribution < -0.4 is 0 Å². The highest BCUT2D eigenvalue weighted by atomic mass is 16.5. The first-order valence-electron chi connectivity index (χ1n) is 9.51. The van der Waals surface area contributed by atoms with E-state index in [0.29, 0.717) is 13.3 Å². The smallest absolute Gasteiger partial charge is 0.302 e. The van der Waals surface area contributed by atoms with Gasteiger partial charge in [-0.1, -0.05) is 64.7 Å². The van der Waals surface area contributed by atoms with Crippen LogP contribution in [-0.2, 0) is 14.3 Å². The lowest BCUT2D eigenvalue weighted by Gasteiger charge is -2.28. The van der Waals surface area contributed by atoms with Gasteiger partial charge in [0, 0.05) is 6.92 Å². The maximum atomic E-state index is 10.7. The number of quaternary nitrogens is 1. The van der Waals surface area contributed by atoms with E-state index in [-0.39, 0.29) is 5.97 Å². The Bertz CT molecular complexity index is 280. The minimum absolute atomic E-state index is 0.212. The van der Waals surface area contributed by atoms with Crippen LogP contribution in [0, 0.1) is 0 Å². The SMILES string of the molecule is CCCCCCCCCCCCOC[N+](C)(C)CCOC(C)=O. The summed E-state index contributed by atoms with van der Waals surface area (Å²) in [4.78, 5) is 10.7. The largest absolute Gasteiger partial charge is 0.460 e. The number of esters is 1. The van der Waals surface area contributed by atoms with E-state index in [1.54, 1.807) is 0 Å². The summed E-state index contributed by atoms with van der Waals surface area (Å²) in [6, 6.07) is 0. The van der Waals surface area contributed by atoms with Gasteiger partial charge in [0.05, 0.1) is 20.7 Å². The van der Waals surface area contributed by atoms with Crippen LogP contribution >= 0.6 is 0 Å². The summed E-state index contributed by atoms with van der Waals surface area (Å²) in [5.74, 6) is -0.212. The summed E-state index contributed by atoms with van der Waals surface area (Å²) in [6.45, 7) is 6.48. The zero-order valence-corrected chi connectivity index (χ0v) is 16.1. The topological polar surface area (TPSA) is 35.5 Å². The van der Waals surface area contributed by atoms with Crippen molar-refractivity contribution in [1.82, 2.24) is 0 Å². The van der Waals surface area contributed by atoms with Crippen molar-refractivity contribution in [3.05, 3.63) is 0 Å². The van der Waals surface area contributed by atoms with Crippen LogP contribution in [-0.4, -0.2) is 51.0 Å². The molecule has 0 fully saturated rings. The average molecular weight is 331 g/mol. The normalized spacial score (nSPS) is 11.7. The molecule has 0 rings (SSSR count). The second kappa shape index (κ2) is 14.9. The van der Waals surface area contributed by atoms with E-state index >= 15 is 0 Å². The second-order valence-electron chi connectivity index (χ2n) is 7.22. The van der Waals surface area contributed by atoms with E-state index in [1.807, 2.05) is 0 Å². The fraction of sp³-hybridized carbons (Fsp3) is 0.947. The third-order valence-electron chi connectivity index (χ3n) is 4.08. The molecule has 0 N–H and O–H groups in total. The molecule has 0 saturated heterocycles. The molecule has 0 amide bonds. The Labute approximate surface area is 144 Å². The fourth-order valence-electron chi connectivity index (χ4n) is 2.50. The molecule has 0 aromatic carbocycles. The zero-order chi connectivity index (χ0) is 17.4. The molecule has 0 spiro atoms. The summed E-state index contributed by atoms with van der Waals surface area (Å²) >= 11 is 0. The first kappa shape index (κ1) is 22.4. The molecule has 0 radical (unpaired) electrons. The third kappa shape index (κ3) is 17.6. The highest BCUT2D eigenvalue weighted by molar-refractivity contribution is 5.65. The molecule has 0 aliphatic heterocycles. The number of carbonyl (C=O) groups excluding carboxylic acids is 1. The Morgan fingerprint density at radius 2 is 1.35 bits per heavy atom. The number of unbranched alkanes of at least 4 members (excludes halogenated alkanes) is 9. The van der Waals surface area contributed by atoms with Gasteiger partial charge in [-0.25, -0.2) is 0 Å². The number of ether oxygens (including phenoxy) is 2. The van der Waals surface area contributed by atoms with Crippen molar-refractivity contribution in [2.45, 2.75) is 78.1 Å². The van der Waals surface area contributed by atoms with Crippen molar-refractivity contribution in [1.29, 1.82) is 0 Å². The Morgan fingerprint density at radius 1 is 0.826 bits per heavy atom. The minimum atomic E-state index is -0.212. The quantitative estimate of drug-likeness (QED) is 0.181. The molecule has 138 valence electrons. The Balaban J connectivity index is 3.29. The molecule has 0 bridgehead atoms. The predicted molar refractivity (Wildman–Crippen MR) is 96.3 cm³/mol. The van der Waals surface area contributed by atoms with Gasteiger partial charge in [0.1, 0.15) is 13.2 Å². The summed E-state index contributed by atoms with van der Waals surface area (Å²) in [5.41, 5.74) is 0. The van der Waals surface area contributed by atoms with E-state index in [1.165, 1.54) is 64.7 Å². The predicted octanol–water partition coefficient (Wildman–Crippen LogP) is 4.52. The van der Waals surface area contributed by atoms with Crippen molar-refractivity contribution in [2.24, 2.45) is 0 Å². The van der Waals surface area contributed by atoms with E-state index in [0.717, 1.165) is 24.1 Å².